The van der Waals surface area contributed by atoms with Gasteiger partial charge in [0.25, 0.3) is 0 Å². The van der Waals surface area contributed by atoms with Crippen molar-refractivity contribution in [3.8, 4) is 5.75 Å². The summed E-state index contributed by atoms with van der Waals surface area (Å²) >= 11 is 1.55. The maximum Gasteiger partial charge on any atom is 0.224 e. The highest BCUT2D eigenvalue weighted by molar-refractivity contribution is 7.19. The normalized spacial score (nSPS) is 13.3. The van der Waals surface area contributed by atoms with E-state index in [2.05, 4.69) is 5.32 Å². The molecule has 2 aromatic carbocycles. The Kier molecular flexibility index (Phi) is 5.59. The van der Waals surface area contributed by atoms with Gasteiger partial charge in [0, 0.05) is 9.58 Å². The number of rotatable bonds is 7. The van der Waals surface area contributed by atoms with Gasteiger partial charge in [-0.3, -0.25) is 4.79 Å². The standard InChI is InChI=1S/C21H23NO3S/c1-3-25-17-10-8-15(9-11-17)12-20(23)22-14-21(2,24)19-13-16-6-4-5-7-18(16)26-19/h4-11,13,24H,3,12,14H2,1-2H3,(H,22,23). The minimum absolute atomic E-state index is 0.115. The van der Waals surface area contributed by atoms with Crippen LogP contribution in [0.2, 0.25) is 0 Å². The smallest absolute Gasteiger partial charge is 0.224 e. The van der Waals surface area contributed by atoms with Crippen LogP contribution in [0.4, 0.5) is 0 Å². The summed E-state index contributed by atoms with van der Waals surface area (Å²) in [4.78, 5) is 13.1. The zero-order chi connectivity index (χ0) is 18.6. The molecule has 4 nitrogen and oxygen atoms in total. The predicted octanol–water partition coefficient (Wildman–Crippen LogP) is 3.87. The fraction of sp³-hybridized carbons (Fsp3) is 0.286. The van der Waals surface area contributed by atoms with Crippen LogP contribution in [0, 0.1) is 0 Å². The van der Waals surface area contributed by atoms with Gasteiger partial charge in [-0.2, -0.15) is 0 Å². The van der Waals surface area contributed by atoms with E-state index in [0.29, 0.717) is 6.61 Å². The van der Waals surface area contributed by atoms with E-state index in [1.165, 1.54) is 0 Å². The summed E-state index contributed by atoms with van der Waals surface area (Å²) in [6.45, 7) is 4.46. The molecule has 0 aliphatic rings. The highest BCUT2D eigenvalue weighted by atomic mass is 32.1. The first-order valence-corrected chi connectivity index (χ1v) is 9.49. The van der Waals surface area contributed by atoms with Gasteiger partial charge in [-0.1, -0.05) is 30.3 Å². The van der Waals surface area contributed by atoms with Gasteiger partial charge in [-0.05, 0) is 49.1 Å². The zero-order valence-electron chi connectivity index (χ0n) is 15.0. The van der Waals surface area contributed by atoms with Gasteiger partial charge in [0.05, 0.1) is 19.6 Å². The van der Waals surface area contributed by atoms with Crippen molar-refractivity contribution in [1.82, 2.24) is 5.32 Å². The molecule has 1 aromatic heterocycles. The van der Waals surface area contributed by atoms with Crippen LogP contribution in [-0.2, 0) is 16.8 Å². The lowest BCUT2D eigenvalue weighted by Gasteiger charge is -2.22. The second-order valence-electron chi connectivity index (χ2n) is 6.45. The first kappa shape index (κ1) is 18.4. The molecule has 0 bridgehead atoms. The molecule has 0 aliphatic heterocycles. The molecule has 0 saturated carbocycles. The topological polar surface area (TPSA) is 58.6 Å². The summed E-state index contributed by atoms with van der Waals surface area (Å²) in [5.41, 5.74) is -0.189. The van der Waals surface area contributed by atoms with Crippen LogP contribution in [0.1, 0.15) is 24.3 Å². The fourth-order valence-corrected chi connectivity index (χ4v) is 3.83. The zero-order valence-corrected chi connectivity index (χ0v) is 15.8. The van der Waals surface area contributed by atoms with Crippen LogP contribution in [0.5, 0.6) is 5.75 Å². The number of amides is 1. The molecule has 0 spiro atoms. The van der Waals surface area contributed by atoms with Gasteiger partial charge in [-0.15, -0.1) is 11.3 Å². The summed E-state index contributed by atoms with van der Waals surface area (Å²) in [7, 11) is 0. The minimum atomic E-state index is -1.10. The van der Waals surface area contributed by atoms with Crippen molar-refractivity contribution >= 4 is 27.3 Å². The molecule has 2 N–H and O–H groups in total. The van der Waals surface area contributed by atoms with E-state index in [0.717, 1.165) is 26.3 Å². The van der Waals surface area contributed by atoms with E-state index in [-0.39, 0.29) is 18.9 Å². The number of hydrogen-bond acceptors (Lipinski definition) is 4. The monoisotopic (exact) mass is 369 g/mol. The third kappa shape index (κ3) is 4.42. The van der Waals surface area contributed by atoms with Gasteiger partial charge in [-0.25, -0.2) is 0 Å². The van der Waals surface area contributed by atoms with Gasteiger partial charge >= 0.3 is 0 Å². The van der Waals surface area contributed by atoms with Crippen molar-refractivity contribution in [2.24, 2.45) is 0 Å². The lowest BCUT2D eigenvalue weighted by molar-refractivity contribution is -0.121. The number of aliphatic hydroxyl groups is 1. The second kappa shape index (κ2) is 7.89. The van der Waals surface area contributed by atoms with E-state index in [4.69, 9.17) is 4.74 Å². The molecule has 26 heavy (non-hydrogen) atoms. The fourth-order valence-electron chi connectivity index (χ4n) is 2.72. The number of carbonyl (C=O) groups excluding carboxylic acids is 1. The Hall–Kier alpha value is -2.37. The van der Waals surface area contributed by atoms with Crippen LogP contribution in [0.3, 0.4) is 0 Å². The van der Waals surface area contributed by atoms with E-state index < -0.39 is 5.60 Å². The van der Waals surface area contributed by atoms with Crippen LogP contribution < -0.4 is 10.1 Å². The number of ether oxygens (including phenoxy) is 1. The van der Waals surface area contributed by atoms with Crippen molar-refractivity contribution in [2.75, 3.05) is 13.2 Å². The molecule has 0 fully saturated rings. The Balaban J connectivity index is 1.58. The van der Waals surface area contributed by atoms with Crippen molar-refractivity contribution in [3.63, 3.8) is 0 Å². The van der Waals surface area contributed by atoms with Gasteiger partial charge in [0.2, 0.25) is 5.91 Å². The second-order valence-corrected chi connectivity index (χ2v) is 7.54. The van der Waals surface area contributed by atoms with Crippen molar-refractivity contribution < 1.29 is 14.6 Å². The Morgan fingerprint density at radius 3 is 2.62 bits per heavy atom. The summed E-state index contributed by atoms with van der Waals surface area (Å²) in [5.74, 6) is 0.680. The maximum atomic E-state index is 12.2. The van der Waals surface area contributed by atoms with Gasteiger partial charge in [0.15, 0.2) is 0 Å². The largest absolute Gasteiger partial charge is 0.494 e. The lowest BCUT2D eigenvalue weighted by Crippen LogP contribution is -2.38. The summed E-state index contributed by atoms with van der Waals surface area (Å²) in [5, 5.41) is 14.7. The summed E-state index contributed by atoms with van der Waals surface area (Å²) in [6.07, 6.45) is 0.273. The Morgan fingerprint density at radius 1 is 1.19 bits per heavy atom. The average Bonchev–Trinajstić information content (AvgIpc) is 3.07. The quantitative estimate of drug-likeness (QED) is 0.665. The third-order valence-electron chi connectivity index (χ3n) is 4.19. The number of thiophene rings is 1. The molecule has 136 valence electrons. The van der Waals surface area contributed by atoms with E-state index >= 15 is 0 Å². The van der Waals surface area contributed by atoms with Gasteiger partial charge in [0.1, 0.15) is 11.4 Å². The predicted molar refractivity (Wildman–Crippen MR) is 106 cm³/mol. The Morgan fingerprint density at radius 2 is 1.92 bits per heavy atom. The SMILES string of the molecule is CCOc1ccc(CC(=O)NCC(C)(O)c2cc3ccccc3s2)cc1. The summed E-state index contributed by atoms with van der Waals surface area (Å²) < 4.78 is 6.53. The summed E-state index contributed by atoms with van der Waals surface area (Å²) in [6, 6.07) is 17.5. The van der Waals surface area contributed by atoms with E-state index in [9.17, 15) is 9.90 Å². The lowest BCUT2D eigenvalue weighted by atomic mass is 10.0. The maximum absolute atomic E-state index is 12.2. The Labute approximate surface area is 157 Å². The van der Waals surface area contributed by atoms with Crippen LogP contribution in [0.15, 0.2) is 54.6 Å². The molecule has 3 rings (SSSR count). The van der Waals surface area contributed by atoms with Crippen molar-refractivity contribution in [2.45, 2.75) is 25.9 Å². The van der Waals surface area contributed by atoms with Crippen molar-refractivity contribution in [3.05, 3.63) is 65.0 Å². The number of nitrogens with one attached hydrogen (secondary N) is 1. The molecule has 3 aromatic rings. The van der Waals surface area contributed by atoms with Crippen LogP contribution in [-0.4, -0.2) is 24.2 Å². The first-order valence-electron chi connectivity index (χ1n) is 8.68. The van der Waals surface area contributed by atoms with E-state index in [1.54, 1.807) is 18.3 Å². The molecule has 1 amide bonds. The number of benzene rings is 2. The van der Waals surface area contributed by atoms with Crippen LogP contribution in [0.25, 0.3) is 10.1 Å². The average molecular weight is 369 g/mol. The molecule has 1 unspecified atom stereocenters. The van der Waals surface area contributed by atoms with Crippen molar-refractivity contribution in [1.29, 1.82) is 0 Å². The third-order valence-corrected chi connectivity index (χ3v) is 5.55. The number of hydrogen-bond donors (Lipinski definition) is 2. The highest BCUT2D eigenvalue weighted by Gasteiger charge is 2.26. The molecule has 1 atom stereocenters. The molecular weight excluding hydrogens is 346 g/mol. The van der Waals surface area contributed by atoms with E-state index in [1.807, 2.05) is 61.5 Å². The highest BCUT2D eigenvalue weighted by Crippen LogP contribution is 2.32. The number of fused-ring (bicyclic) bond motifs is 1. The van der Waals surface area contributed by atoms with Gasteiger partial charge < -0.3 is 15.2 Å². The number of carbonyl (C=O) groups is 1. The molecule has 1 heterocycles. The molecule has 0 saturated heterocycles. The molecule has 5 heteroatoms. The Bertz CT molecular complexity index is 851. The first-order chi connectivity index (χ1) is 12.5. The molecule has 0 aliphatic carbocycles. The minimum Gasteiger partial charge on any atom is -0.494 e. The molecule has 0 radical (unpaired) electrons. The molecular formula is C21H23NO3S. The van der Waals surface area contributed by atoms with Crippen LogP contribution >= 0.6 is 11.3 Å².